The Bertz CT molecular complexity index is 670. The van der Waals surface area contributed by atoms with E-state index in [-0.39, 0.29) is 6.61 Å². The van der Waals surface area contributed by atoms with Gasteiger partial charge in [-0.05, 0) is 31.2 Å². The van der Waals surface area contributed by atoms with Crippen molar-refractivity contribution < 1.29 is 14.3 Å². The van der Waals surface area contributed by atoms with Gasteiger partial charge in [0.05, 0.1) is 16.3 Å². The van der Waals surface area contributed by atoms with Crippen LogP contribution in [0.25, 0.3) is 0 Å². The van der Waals surface area contributed by atoms with Gasteiger partial charge in [0.2, 0.25) is 0 Å². The molecule has 4 nitrogen and oxygen atoms in total. The Labute approximate surface area is 127 Å². The Hall–Kier alpha value is -2.33. The van der Waals surface area contributed by atoms with Crippen molar-refractivity contribution in [1.29, 1.82) is 0 Å². The van der Waals surface area contributed by atoms with Crippen molar-refractivity contribution >= 4 is 29.2 Å². The summed E-state index contributed by atoms with van der Waals surface area (Å²) in [6, 6.07) is 13.8. The average Bonchev–Trinajstić information content (AvgIpc) is 2.47. The molecule has 0 spiro atoms. The molecular formula is C16H14ClNO3. The van der Waals surface area contributed by atoms with Gasteiger partial charge in [0.15, 0.2) is 6.61 Å². The van der Waals surface area contributed by atoms with Gasteiger partial charge in [-0.25, -0.2) is 4.79 Å². The summed E-state index contributed by atoms with van der Waals surface area (Å²) in [6.07, 6.45) is 0. The van der Waals surface area contributed by atoms with Crippen LogP contribution in [-0.2, 0) is 9.53 Å². The van der Waals surface area contributed by atoms with Crippen molar-refractivity contribution in [3.63, 3.8) is 0 Å². The summed E-state index contributed by atoms with van der Waals surface area (Å²) in [7, 11) is 0. The van der Waals surface area contributed by atoms with E-state index in [9.17, 15) is 9.59 Å². The third-order valence-electron chi connectivity index (χ3n) is 2.74. The number of carbonyl (C=O) groups excluding carboxylic acids is 2. The Morgan fingerprint density at radius 2 is 1.90 bits per heavy atom. The molecule has 1 amide bonds. The molecule has 2 aromatic rings. The molecule has 5 heteroatoms. The normalized spacial score (nSPS) is 10.0. The molecule has 0 saturated carbocycles. The second-order valence-electron chi connectivity index (χ2n) is 4.47. The van der Waals surface area contributed by atoms with Crippen molar-refractivity contribution in [2.24, 2.45) is 0 Å². The number of hydrogen-bond acceptors (Lipinski definition) is 3. The van der Waals surface area contributed by atoms with Gasteiger partial charge in [-0.3, -0.25) is 4.79 Å². The Kier molecular flexibility index (Phi) is 4.95. The molecular weight excluding hydrogens is 290 g/mol. The minimum absolute atomic E-state index is 0.363. The molecule has 0 aliphatic rings. The standard InChI is InChI=1S/C16H14ClNO3/c1-11-5-4-6-12(9-11)16(20)21-10-15(19)18-14-8-3-2-7-13(14)17/h2-9H,10H2,1H3,(H,18,19). The first-order chi connectivity index (χ1) is 10.1. The third kappa shape index (κ3) is 4.33. The highest BCUT2D eigenvalue weighted by Gasteiger charge is 2.11. The van der Waals surface area contributed by atoms with E-state index in [0.717, 1.165) is 5.56 Å². The van der Waals surface area contributed by atoms with Crippen LogP contribution >= 0.6 is 11.6 Å². The summed E-state index contributed by atoms with van der Waals surface area (Å²) in [4.78, 5) is 23.5. The molecule has 1 N–H and O–H groups in total. The smallest absolute Gasteiger partial charge is 0.338 e. The van der Waals surface area contributed by atoms with E-state index in [2.05, 4.69) is 5.32 Å². The summed E-state index contributed by atoms with van der Waals surface area (Å²) in [6.45, 7) is 1.51. The van der Waals surface area contributed by atoms with Crippen molar-refractivity contribution in [3.05, 3.63) is 64.7 Å². The van der Waals surface area contributed by atoms with E-state index in [1.54, 1.807) is 42.5 Å². The maximum Gasteiger partial charge on any atom is 0.338 e. The molecule has 0 aliphatic carbocycles. The van der Waals surface area contributed by atoms with E-state index in [1.165, 1.54) is 0 Å². The van der Waals surface area contributed by atoms with Crippen LogP contribution in [0.5, 0.6) is 0 Å². The highest BCUT2D eigenvalue weighted by atomic mass is 35.5. The monoisotopic (exact) mass is 303 g/mol. The van der Waals surface area contributed by atoms with E-state index < -0.39 is 11.9 Å². The summed E-state index contributed by atoms with van der Waals surface area (Å²) in [5.41, 5.74) is 1.85. The predicted molar refractivity (Wildman–Crippen MR) is 81.5 cm³/mol. The maximum absolute atomic E-state index is 11.8. The zero-order valence-corrected chi connectivity index (χ0v) is 12.2. The summed E-state index contributed by atoms with van der Waals surface area (Å²) < 4.78 is 4.96. The molecule has 0 aromatic heterocycles. The fourth-order valence-electron chi connectivity index (χ4n) is 1.74. The highest BCUT2D eigenvalue weighted by molar-refractivity contribution is 6.33. The van der Waals surface area contributed by atoms with Gasteiger partial charge in [0.25, 0.3) is 5.91 Å². The van der Waals surface area contributed by atoms with E-state index in [1.807, 2.05) is 13.0 Å². The fourth-order valence-corrected chi connectivity index (χ4v) is 1.92. The zero-order valence-electron chi connectivity index (χ0n) is 11.4. The predicted octanol–water partition coefficient (Wildman–Crippen LogP) is 3.44. The first-order valence-electron chi connectivity index (χ1n) is 6.34. The van der Waals surface area contributed by atoms with E-state index >= 15 is 0 Å². The number of halogens is 1. The minimum atomic E-state index is -0.534. The molecule has 0 bridgehead atoms. The molecule has 0 aliphatic heterocycles. The number of rotatable bonds is 4. The van der Waals surface area contributed by atoms with Crippen molar-refractivity contribution in [2.75, 3.05) is 11.9 Å². The number of anilines is 1. The Balaban J connectivity index is 1.90. The summed E-state index contributed by atoms with van der Waals surface area (Å²) in [5.74, 6) is -0.975. The SMILES string of the molecule is Cc1cccc(C(=O)OCC(=O)Nc2ccccc2Cl)c1. The number of esters is 1. The van der Waals surface area contributed by atoms with Crippen molar-refractivity contribution in [1.82, 2.24) is 0 Å². The zero-order chi connectivity index (χ0) is 15.2. The van der Waals surface area contributed by atoms with Crippen molar-refractivity contribution in [3.8, 4) is 0 Å². The third-order valence-corrected chi connectivity index (χ3v) is 3.07. The molecule has 2 aromatic carbocycles. The van der Waals surface area contributed by atoms with Gasteiger partial charge in [-0.15, -0.1) is 0 Å². The first-order valence-corrected chi connectivity index (χ1v) is 6.72. The van der Waals surface area contributed by atoms with Gasteiger partial charge < -0.3 is 10.1 Å². The minimum Gasteiger partial charge on any atom is -0.452 e. The van der Waals surface area contributed by atoms with E-state index in [4.69, 9.17) is 16.3 Å². The van der Waals surface area contributed by atoms with Crippen LogP contribution < -0.4 is 5.32 Å². The quantitative estimate of drug-likeness (QED) is 0.880. The van der Waals surface area contributed by atoms with Crippen LogP contribution in [0.4, 0.5) is 5.69 Å². The van der Waals surface area contributed by atoms with Crippen LogP contribution in [0, 0.1) is 6.92 Å². The van der Waals surface area contributed by atoms with Crippen LogP contribution in [-0.4, -0.2) is 18.5 Å². The lowest BCUT2D eigenvalue weighted by Crippen LogP contribution is -2.21. The number of benzene rings is 2. The van der Waals surface area contributed by atoms with Crippen LogP contribution in [0.2, 0.25) is 5.02 Å². The summed E-state index contributed by atoms with van der Waals surface area (Å²) >= 11 is 5.92. The second kappa shape index (κ2) is 6.90. The lowest BCUT2D eigenvalue weighted by molar-refractivity contribution is -0.119. The molecule has 0 fully saturated rings. The number of amides is 1. The number of para-hydroxylation sites is 1. The lowest BCUT2D eigenvalue weighted by atomic mass is 10.1. The molecule has 21 heavy (non-hydrogen) atoms. The molecule has 108 valence electrons. The van der Waals surface area contributed by atoms with Crippen LogP contribution in [0.15, 0.2) is 48.5 Å². The average molecular weight is 304 g/mol. The number of ether oxygens (including phenoxy) is 1. The van der Waals surface area contributed by atoms with Crippen LogP contribution in [0.3, 0.4) is 0 Å². The number of hydrogen-bond donors (Lipinski definition) is 1. The van der Waals surface area contributed by atoms with Gasteiger partial charge in [-0.2, -0.15) is 0 Å². The maximum atomic E-state index is 11.8. The van der Waals surface area contributed by atoms with Gasteiger partial charge in [-0.1, -0.05) is 41.4 Å². The molecule has 0 radical (unpaired) electrons. The van der Waals surface area contributed by atoms with Crippen LogP contribution in [0.1, 0.15) is 15.9 Å². The van der Waals surface area contributed by atoms with Gasteiger partial charge in [0.1, 0.15) is 0 Å². The topological polar surface area (TPSA) is 55.4 Å². The van der Waals surface area contributed by atoms with Crippen molar-refractivity contribution in [2.45, 2.75) is 6.92 Å². The largest absolute Gasteiger partial charge is 0.452 e. The number of nitrogens with one attached hydrogen (secondary N) is 1. The van der Waals surface area contributed by atoms with Gasteiger partial charge in [0, 0.05) is 0 Å². The number of aryl methyl sites for hydroxylation is 1. The summed E-state index contributed by atoms with van der Waals surface area (Å²) in [5, 5.41) is 3.01. The number of carbonyl (C=O) groups is 2. The fraction of sp³-hybridized carbons (Fsp3) is 0.125. The molecule has 0 atom stereocenters. The molecule has 2 rings (SSSR count). The molecule has 0 heterocycles. The van der Waals surface area contributed by atoms with Gasteiger partial charge >= 0.3 is 5.97 Å². The first kappa shape index (κ1) is 15.1. The Morgan fingerprint density at radius 1 is 1.14 bits per heavy atom. The highest BCUT2D eigenvalue weighted by Crippen LogP contribution is 2.20. The molecule has 0 unspecified atom stereocenters. The van der Waals surface area contributed by atoms with E-state index in [0.29, 0.717) is 16.3 Å². The Morgan fingerprint density at radius 3 is 2.62 bits per heavy atom. The lowest BCUT2D eigenvalue weighted by Gasteiger charge is -2.08. The molecule has 0 saturated heterocycles. The second-order valence-corrected chi connectivity index (χ2v) is 4.88.